The van der Waals surface area contributed by atoms with Gasteiger partial charge in [-0.2, -0.15) is 0 Å². The van der Waals surface area contributed by atoms with Crippen molar-refractivity contribution in [3.63, 3.8) is 0 Å². The van der Waals surface area contributed by atoms with Crippen LogP contribution in [0.5, 0.6) is 11.5 Å². The molecule has 0 spiro atoms. The zero-order chi connectivity index (χ0) is 30.5. The third-order valence-electron chi connectivity index (χ3n) is 6.54. The second kappa shape index (κ2) is 15.9. The van der Waals surface area contributed by atoms with Crippen LogP contribution in [0.1, 0.15) is 36.6 Å². The number of methoxy groups -OCH3 is 2. The Hall–Kier alpha value is -3.90. The lowest BCUT2D eigenvalue weighted by Crippen LogP contribution is -2.25. The van der Waals surface area contributed by atoms with Crippen LogP contribution < -0.4 is 19.7 Å². The molecule has 42 heavy (non-hydrogen) atoms. The van der Waals surface area contributed by atoms with E-state index in [0.29, 0.717) is 75.0 Å². The fourth-order valence-corrected chi connectivity index (χ4v) is 5.11. The number of hydrogen-bond donors (Lipinski definition) is 1. The van der Waals surface area contributed by atoms with Gasteiger partial charge >= 0.3 is 5.69 Å². The van der Waals surface area contributed by atoms with Gasteiger partial charge in [-0.25, -0.2) is 13.4 Å². The number of nitrogens with zero attached hydrogens (tertiary/aromatic N) is 3. The van der Waals surface area contributed by atoms with E-state index in [1.54, 1.807) is 20.3 Å². The van der Waals surface area contributed by atoms with Crippen molar-refractivity contribution in [1.82, 2.24) is 4.98 Å². The van der Waals surface area contributed by atoms with Gasteiger partial charge in [0, 0.05) is 50.4 Å². The van der Waals surface area contributed by atoms with Crippen molar-refractivity contribution in [1.29, 1.82) is 0 Å². The van der Waals surface area contributed by atoms with E-state index in [2.05, 4.69) is 5.32 Å². The summed E-state index contributed by atoms with van der Waals surface area (Å²) >= 11 is 0. The molecule has 11 nitrogen and oxygen atoms in total. The Morgan fingerprint density at radius 3 is 2.00 bits per heavy atom. The van der Waals surface area contributed by atoms with E-state index in [4.69, 9.17) is 19.2 Å². The zero-order valence-electron chi connectivity index (χ0n) is 24.7. The highest BCUT2D eigenvalue weighted by Crippen LogP contribution is 2.37. The Morgan fingerprint density at radius 2 is 1.52 bits per heavy atom. The fourth-order valence-electron chi connectivity index (χ4n) is 4.38. The summed E-state index contributed by atoms with van der Waals surface area (Å²) in [5.74, 6) is 1.73. The molecule has 0 bridgehead atoms. The quantitative estimate of drug-likeness (QED) is 0.120. The smallest absolute Gasteiger partial charge is 0.334 e. The molecule has 0 saturated heterocycles. The highest BCUT2D eigenvalue weighted by atomic mass is 32.2. The number of ether oxygens (including phenoxy) is 3. The normalized spacial score (nSPS) is 11.2. The first-order valence-electron chi connectivity index (χ1n) is 13.8. The van der Waals surface area contributed by atoms with E-state index in [1.165, 1.54) is 6.26 Å². The van der Waals surface area contributed by atoms with Gasteiger partial charge in [-0.3, -0.25) is 10.1 Å². The van der Waals surface area contributed by atoms with Gasteiger partial charge in [-0.1, -0.05) is 24.3 Å². The summed E-state index contributed by atoms with van der Waals surface area (Å²) in [6, 6.07) is 16.8. The van der Waals surface area contributed by atoms with Crippen LogP contribution in [-0.4, -0.2) is 64.3 Å². The van der Waals surface area contributed by atoms with Crippen molar-refractivity contribution in [2.75, 3.05) is 56.2 Å². The molecule has 0 radical (unpaired) electrons. The molecular weight excluding hydrogens is 560 g/mol. The molecule has 1 aromatic heterocycles. The van der Waals surface area contributed by atoms with Crippen LogP contribution in [0.3, 0.4) is 0 Å². The zero-order valence-corrected chi connectivity index (χ0v) is 25.5. The number of nitro groups is 1. The molecule has 1 N–H and O–H groups in total. The minimum atomic E-state index is -3.08. The molecule has 3 aromatic rings. The van der Waals surface area contributed by atoms with Gasteiger partial charge in [0.2, 0.25) is 5.82 Å². The second-order valence-electron chi connectivity index (χ2n) is 9.85. The van der Waals surface area contributed by atoms with Crippen LogP contribution in [0.2, 0.25) is 0 Å². The highest BCUT2D eigenvalue weighted by molar-refractivity contribution is 7.90. The van der Waals surface area contributed by atoms with Crippen molar-refractivity contribution < 1.29 is 27.6 Å². The number of unbranched alkanes of at least 4 members (excludes halogenated alkanes) is 1. The number of sulfone groups is 1. The largest absolute Gasteiger partial charge is 0.497 e. The number of anilines is 2. The number of pyridine rings is 1. The molecule has 1 heterocycles. The van der Waals surface area contributed by atoms with Crippen molar-refractivity contribution in [2.24, 2.45) is 0 Å². The molecule has 228 valence electrons. The molecule has 0 atom stereocenters. The maximum Gasteiger partial charge on any atom is 0.334 e. The predicted octanol–water partition coefficient (Wildman–Crippen LogP) is 5.03. The van der Waals surface area contributed by atoms with Gasteiger partial charge in [0.1, 0.15) is 27.0 Å². The Kier molecular flexibility index (Phi) is 12.4. The number of benzene rings is 2. The average molecular weight is 601 g/mol. The van der Waals surface area contributed by atoms with E-state index >= 15 is 0 Å². The first-order chi connectivity index (χ1) is 20.1. The molecule has 0 saturated carbocycles. The Balaban J connectivity index is 2.04. The van der Waals surface area contributed by atoms with Gasteiger partial charge in [-0.15, -0.1) is 0 Å². The maximum atomic E-state index is 12.6. The minimum absolute atomic E-state index is 0.0650. The highest BCUT2D eigenvalue weighted by Gasteiger charge is 2.28. The Morgan fingerprint density at radius 1 is 0.952 bits per heavy atom. The lowest BCUT2D eigenvalue weighted by atomic mass is 10.1. The van der Waals surface area contributed by atoms with Gasteiger partial charge in [0.25, 0.3) is 0 Å². The molecule has 0 amide bonds. The van der Waals surface area contributed by atoms with E-state index < -0.39 is 14.8 Å². The van der Waals surface area contributed by atoms with Crippen molar-refractivity contribution in [3.05, 3.63) is 81.5 Å². The summed E-state index contributed by atoms with van der Waals surface area (Å²) in [5, 5.41) is 15.8. The predicted molar refractivity (Wildman–Crippen MR) is 164 cm³/mol. The molecule has 12 heteroatoms. The molecule has 0 fully saturated rings. The molecule has 0 aliphatic rings. The lowest BCUT2D eigenvalue weighted by Gasteiger charge is -2.25. The first-order valence-corrected chi connectivity index (χ1v) is 15.9. The maximum absolute atomic E-state index is 12.6. The molecular formula is C30H40N4O7S. The number of rotatable bonds is 18. The van der Waals surface area contributed by atoms with Gasteiger partial charge < -0.3 is 24.4 Å². The Bertz CT molecular complexity index is 1350. The third kappa shape index (κ3) is 10.2. The Labute approximate surface area is 247 Å². The topological polar surface area (TPSA) is 133 Å². The summed E-state index contributed by atoms with van der Waals surface area (Å²) in [4.78, 5) is 18.8. The standard InChI is InChI=1S/C30H40N4O7S/c1-5-41-18-16-25-20-28(31-17-6-7-19-42(4,37)38)29(34(35)36)30(32-25)33(21-23-8-12-26(39-2)13-9-23)22-24-10-14-27(40-3)15-11-24/h8-15,20H,5-7,16-19,21-22H2,1-4H3,(H,31,32). The molecule has 3 rings (SSSR count). The van der Waals surface area contributed by atoms with Crippen molar-refractivity contribution in [2.45, 2.75) is 39.3 Å². The van der Waals surface area contributed by atoms with E-state index in [1.807, 2.05) is 60.4 Å². The summed E-state index contributed by atoms with van der Waals surface area (Å²) in [6.07, 6.45) is 2.67. The fraction of sp³-hybridized carbons (Fsp3) is 0.433. The van der Waals surface area contributed by atoms with Gasteiger partial charge in [0.05, 0.1) is 25.7 Å². The van der Waals surface area contributed by atoms with Crippen LogP contribution in [0.25, 0.3) is 0 Å². The van der Waals surface area contributed by atoms with E-state index in [9.17, 15) is 18.5 Å². The lowest BCUT2D eigenvalue weighted by molar-refractivity contribution is -0.383. The third-order valence-corrected chi connectivity index (χ3v) is 7.57. The second-order valence-corrected chi connectivity index (χ2v) is 12.1. The van der Waals surface area contributed by atoms with Crippen LogP contribution in [0.4, 0.5) is 17.2 Å². The monoisotopic (exact) mass is 600 g/mol. The van der Waals surface area contributed by atoms with Crippen LogP contribution in [0, 0.1) is 10.1 Å². The van der Waals surface area contributed by atoms with Crippen LogP contribution >= 0.6 is 0 Å². The summed E-state index contributed by atoms with van der Waals surface area (Å²) < 4.78 is 39.2. The van der Waals surface area contributed by atoms with Gasteiger partial charge in [0.15, 0.2) is 0 Å². The van der Waals surface area contributed by atoms with E-state index in [-0.39, 0.29) is 17.3 Å². The molecule has 2 aromatic carbocycles. The van der Waals surface area contributed by atoms with Crippen LogP contribution in [-0.2, 0) is 34.1 Å². The number of nitrogens with one attached hydrogen (secondary N) is 1. The molecule has 0 aliphatic carbocycles. The molecule has 0 unspecified atom stereocenters. The van der Waals surface area contributed by atoms with Gasteiger partial charge in [-0.05, 0) is 61.2 Å². The van der Waals surface area contributed by atoms with E-state index in [0.717, 1.165) is 11.1 Å². The minimum Gasteiger partial charge on any atom is -0.497 e. The number of aromatic nitrogens is 1. The summed E-state index contributed by atoms with van der Waals surface area (Å²) in [7, 11) is 0.119. The van der Waals surface area contributed by atoms with Crippen molar-refractivity contribution in [3.8, 4) is 11.5 Å². The van der Waals surface area contributed by atoms with Crippen molar-refractivity contribution >= 4 is 27.0 Å². The molecule has 0 aliphatic heterocycles. The van der Waals surface area contributed by atoms with Crippen LogP contribution in [0.15, 0.2) is 54.6 Å². The summed E-state index contributed by atoms with van der Waals surface area (Å²) in [5.41, 5.74) is 2.70. The number of hydrogen-bond acceptors (Lipinski definition) is 10. The SMILES string of the molecule is CCOCCc1cc(NCCCCS(C)(=O)=O)c([N+](=O)[O-])c(N(Cc2ccc(OC)cc2)Cc2ccc(OC)cc2)n1. The summed E-state index contributed by atoms with van der Waals surface area (Å²) in [6.45, 7) is 3.96. The average Bonchev–Trinajstić information content (AvgIpc) is 2.96. The first kappa shape index (κ1) is 32.6.